The highest BCUT2D eigenvalue weighted by Gasteiger charge is 1.94. The second kappa shape index (κ2) is 20.7. The SMILES string of the molecule is C=CCCCCCCCOCCCCCCCCCCCC. The summed E-state index contributed by atoms with van der Waals surface area (Å²) in [5, 5.41) is 0. The molecule has 0 amide bonds. The van der Waals surface area contributed by atoms with Crippen LogP contribution in [0.15, 0.2) is 12.7 Å². The van der Waals surface area contributed by atoms with E-state index in [1.807, 2.05) is 6.08 Å². The van der Waals surface area contributed by atoms with Gasteiger partial charge in [-0.15, -0.1) is 6.58 Å². The van der Waals surface area contributed by atoms with E-state index in [9.17, 15) is 0 Å². The summed E-state index contributed by atoms with van der Waals surface area (Å²) in [4.78, 5) is 0. The van der Waals surface area contributed by atoms with E-state index in [-0.39, 0.29) is 0 Å². The molecule has 0 aliphatic heterocycles. The molecule has 0 atom stereocenters. The molecule has 0 unspecified atom stereocenters. The van der Waals surface area contributed by atoms with Crippen LogP contribution in [0.5, 0.6) is 0 Å². The molecule has 0 aromatic rings. The van der Waals surface area contributed by atoms with E-state index < -0.39 is 0 Å². The fourth-order valence-electron chi connectivity index (χ4n) is 2.82. The van der Waals surface area contributed by atoms with Crippen LogP contribution in [0.4, 0.5) is 0 Å². The Hall–Kier alpha value is -0.300. The van der Waals surface area contributed by atoms with Gasteiger partial charge in [0.15, 0.2) is 0 Å². The Labute approximate surface area is 140 Å². The van der Waals surface area contributed by atoms with Gasteiger partial charge in [0.05, 0.1) is 0 Å². The Morgan fingerprint density at radius 3 is 1.45 bits per heavy atom. The van der Waals surface area contributed by atoms with Gasteiger partial charge >= 0.3 is 0 Å². The number of unbranched alkanes of at least 4 members (excludes halogenated alkanes) is 14. The van der Waals surface area contributed by atoms with Crippen molar-refractivity contribution in [2.45, 2.75) is 110 Å². The second-order valence-corrected chi connectivity index (χ2v) is 6.64. The van der Waals surface area contributed by atoms with Gasteiger partial charge in [-0.1, -0.05) is 90.0 Å². The molecule has 0 aromatic carbocycles. The van der Waals surface area contributed by atoms with E-state index in [1.54, 1.807) is 0 Å². The monoisotopic (exact) mass is 310 g/mol. The van der Waals surface area contributed by atoms with Crippen LogP contribution in [0.25, 0.3) is 0 Å². The van der Waals surface area contributed by atoms with Crippen molar-refractivity contribution >= 4 is 0 Å². The lowest BCUT2D eigenvalue weighted by molar-refractivity contribution is 0.125. The minimum atomic E-state index is 0.971. The van der Waals surface area contributed by atoms with Crippen molar-refractivity contribution in [2.24, 2.45) is 0 Å². The van der Waals surface area contributed by atoms with Gasteiger partial charge in [0.25, 0.3) is 0 Å². The third-order valence-electron chi connectivity index (χ3n) is 4.34. The first kappa shape index (κ1) is 21.7. The Morgan fingerprint density at radius 2 is 1.00 bits per heavy atom. The molecular weight excluding hydrogens is 268 g/mol. The van der Waals surface area contributed by atoms with Crippen LogP contribution < -0.4 is 0 Å². The molecule has 0 rings (SSSR count). The third kappa shape index (κ3) is 19.7. The molecular formula is C21H42O. The molecule has 0 aliphatic rings. The molecule has 22 heavy (non-hydrogen) atoms. The highest BCUT2D eigenvalue weighted by molar-refractivity contribution is 4.65. The smallest absolute Gasteiger partial charge is 0.0466 e. The van der Waals surface area contributed by atoms with Crippen LogP contribution in [0.2, 0.25) is 0 Å². The minimum Gasteiger partial charge on any atom is -0.381 e. The third-order valence-corrected chi connectivity index (χ3v) is 4.34. The van der Waals surface area contributed by atoms with Crippen LogP contribution in [0.3, 0.4) is 0 Å². The van der Waals surface area contributed by atoms with E-state index in [0.29, 0.717) is 0 Å². The number of ether oxygens (including phenoxy) is 1. The standard InChI is InChI=1S/C21H42O/c1-3-5-7-9-11-12-13-15-17-19-21-22-20-18-16-14-10-8-6-4-2/h4H,2-3,5-21H2,1H3. The van der Waals surface area contributed by atoms with E-state index in [4.69, 9.17) is 4.74 Å². The molecule has 0 radical (unpaired) electrons. The first-order valence-electron chi connectivity index (χ1n) is 10.1. The maximum Gasteiger partial charge on any atom is 0.0466 e. The van der Waals surface area contributed by atoms with Crippen molar-refractivity contribution in [1.29, 1.82) is 0 Å². The highest BCUT2D eigenvalue weighted by atomic mass is 16.5. The first-order chi connectivity index (χ1) is 10.9. The summed E-state index contributed by atoms with van der Waals surface area (Å²) < 4.78 is 5.72. The Bertz CT molecular complexity index is 200. The summed E-state index contributed by atoms with van der Waals surface area (Å²) in [6.45, 7) is 7.99. The largest absolute Gasteiger partial charge is 0.381 e. The average Bonchev–Trinajstić information content (AvgIpc) is 2.54. The molecule has 0 fully saturated rings. The summed E-state index contributed by atoms with van der Waals surface area (Å²) in [5.74, 6) is 0. The maximum atomic E-state index is 5.72. The average molecular weight is 311 g/mol. The van der Waals surface area contributed by atoms with Gasteiger partial charge in [0, 0.05) is 13.2 Å². The lowest BCUT2D eigenvalue weighted by Crippen LogP contribution is -1.97. The summed E-state index contributed by atoms with van der Waals surface area (Å²) >= 11 is 0. The zero-order valence-corrected chi connectivity index (χ0v) is 15.4. The highest BCUT2D eigenvalue weighted by Crippen LogP contribution is 2.10. The van der Waals surface area contributed by atoms with Gasteiger partial charge in [-0.25, -0.2) is 0 Å². The number of rotatable bonds is 19. The van der Waals surface area contributed by atoms with Crippen LogP contribution in [-0.2, 0) is 4.74 Å². The van der Waals surface area contributed by atoms with E-state index >= 15 is 0 Å². The summed E-state index contributed by atoms with van der Waals surface area (Å²) in [7, 11) is 0. The molecule has 0 heterocycles. The predicted octanol–water partition coefficient (Wildman–Crippen LogP) is 7.45. The lowest BCUT2D eigenvalue weighted by Gasteiger charge is -2.05. The van der Waals surface area contributed by atoms with Crippen molar-refractivity contribution in [3.8, 4) is 0 Å². The van der Waals surface area contributed by atoms with E-state index in [1.165, 1.54) is 103 Å². The normalized spacial score (nSPS) is 11.0. The van der Waals surface area contributed by atoms with Crippen LogP contribution in [0.1, 0.15) is 110 Å². The fourth-order valence-corrected chi connectivity index (χ4v) is 2.82. The van der Waals surface area contributed by atoms with Gasteiger partial charge in [0.1, 0.15) is 0 Å². The molecule has 0 aromatic heterocycles. The van der Waals surface area contributed by atoms with Gasteiger partial charge in [-0.3, -0.25) is 0 Å². The molecule has 132 valence electrons. The summed E-state index contributed by atoms with van der Waals surface area (Å²) in [6.07, 6.45) is 23.8. The number of allylic oxidation sites excluding steroid dienone is 1. The molecule has 0 saturated carbocycles. The van der Waals surface area contributed by atoms with Crippen LogP contribution in [0, 0.1) is 0 Å². The Morgan fingerprint density at radius 1 is 0.591 bits per heavy atom. The minimum absolute atomic E-state index is 0.971. The quantitative estimate of drug-likeness (QED) is 0.178. The van der Waals surface area contributed by atoms with Crippen molar-refractivity contribution in [3.63, 3.8) is 0 Å². The Balaban J connectivity index is 2.92. The van der Waals surface area contributed by atoms with E-state index in [2.05, 4.69) is 13.5 Å². The molecule has 0 saturated heterocycles. The van der Waals surface area contributed by atoms with Gasteiger partial charge in [-0.2, -0.15) is 0 Å². The van der Waals surface area contributed by atoms with Crippen molar-refractivity contribution < 1.29 is 4.74 Å². The molecule has 0 aliphatic carbocycles. The van der Waals surface area contributed by atoms with Crippen molar-refractivity contribution in [3.05, 3.63) is 12.7 Å². The zero-order valence-electron chi connectivity index (χ0n) is 15.4. The number of hydrogen-bond donors (Lipinski definition) is 0. The summed E-state index contributed by atoms with van der Waals surface area (Å²) in [5.41, 5.74) is 0. The van der Waals surface area contributed by atoms with Crippen LogP contribution >= 0.6 is 0 Å². The predicted molar refractivity (Wildman–Crippen MR) is 101 cm³/mol. The van der Waals surface area contributed by atoms with Crippen molar-refractivity contribution in [2.75, 3.05) is 13.2 Å². The van der Waals surface area contributed by atoms with Crippen molar-refractivity contribution in [1.82, 2.24) is 0 Å². The van der Waals surface area contributed by atoms with Gasteiger partial charge in [-0.05, 0) is 25.7 Å². The second-order valence-electron chi connectivity index (χ2n) is 6.64. The molecule has 1 nitrogen and oxygen atoms in total. The first-order valence-corrected chi connectivity index (χ1v) is 10.1. The van der Waals surface area contributed by atoms with E-state index in [0.717, 1.165) is 13.2 Å². The molecule has 0 N–H and O–H groups in total. The maximum absolute atomic E-state index is 5.72. The molecule has 0 bridgehead atoms. The van der Waals surface area contributed by atoms with Gasteiger partial charge < -0.3 is 4.74 Å². The summed E-state index contributed by atoms with van der Waals surface area (Å²) in [6, 6.07) is 0. The topological polar surface area (TPSA) is 9.23 Å². The fraction of sp³-hybridized carbons (Fsp3) is 0.905. The molecule has 1 heteroatoms. The Kier molecular flexibility index (Phi) is 20.4. The van der Waals surface area contributed by atoms with Crippen LogP contribution in [-0.4, -0.2) is 13.2 Å². The lowest BCUT2D eigenvalue weighted by atomic mass is 10.1. The zero-order chi connectivity index (χ0) is 16.1. The number of hydrogen-bond acceptors (Lipinski definition) is 1. The van der Waals surface area contributed by atoms with Gasteiger partial charge in [0.2, 0.25) is 0 Å². The molecule has 0 spiro atoms.